The molecule has 8 nitrogen and oxygen atoms in total. The van der Waals surface area contributed by atoms with Crippen LogP contribution in [0, 0.1) is 15.9 Å². The monoisotopic (exact) mass is 630 g/mol. The van der Waals surface area contributed by atoms with Crippen molar-refractivity contribution in [3.63, 3.8) is 0 Å². The molecule has 3 aromatic rings. The van der Waals surface area contributed by atoms with Crippen LogP contribution in [0.4, 0.5) is 10.1 Å². The van der Waals surface area contributed by atoms with Gasteiger partial charge in [0, 0.05) is 36.2 Å². The summed E-state index contributed by atoms with van der Waals surface area (Å²) in [6.45, 7) is 13.4. The Morgan fingerprint density at radius 3 is 2.50 bits per heavy atom. The summed E-state index contributed by atoms with van der Waals surface area (Å²) in [6.07, 6.45) is 5.68. The summed E-state index contributed by atoms with van der Waals surface area (Å²) in [7, 11) is 0. The highest BCUT2D eigenvalue weighted by Crippen LogP contribution is 2.40. The van der Waals surface area contributed by atoms with E-state index in [1.807, 2.05) is 52.8 Å². The van der Waals surface area contributed by atoms with Crippen LogP contribution < -0.4 is 0 Å². The molecule has 9 heteroatoms. The number of ether oxygens (including phenoxy) is 3. The number of aryl methyl sites for hydroxylation is 2. The molecule has 0 spiro atoms. The molecule has 2 aliphatic rings. The number of halogens is 1. The number of benzene rings is 2. The molecule has 1 aliphatic carbocycles. The Labute approximate surface area is 270 Å². The Morgan fingerprint density at radius 1 is 1.13 bits per heavy atom. The minimum absolute atomic E-state index is 0.0534. The molecule has 1 fully saturated rings. The predicted molar refractivity (Wildman–Crippen MR) is 175 cm³/mol. The lowest BCUT2D eigenvalue weighted by Gasteiger charge is -2.39. The molecule has 1 aromatic heterocycles. The van der Waals surface area contributed by atoms with Gasteiger partial charge in [0.15, 0.2) is 5.79 Å². The third-order valence-electron chi connectivity index (χ3n) is 8.20. The highest BCUT2D eigenvalue weighted by molar-refractivity contribution is 5.81. The summed E-state index contributed by atoms with van der Waals surface area (Å²) in [5.41, 5.74) is 6.91. The van der Waals surface area contributed by atoms with Crippen molar-refractivity contribution in [2.75, 3.05) is 0 Å². The van der Waals surface area contributed by atoms with E-state index in [1.165, 1.54) is 12.1 Å². The third kappa shape index (κ3) is 7.88. The van der Waals surface area contributed by atoms with Crippen LogP contribution in [0.2, 0.25) is 0 Å². The van der Waals surface area contributed by atoms with Gasteiger partial charge in [0.05, 0.1) is 29.2 Å². The molecule has 0 N–H and O–H groups in total. The highest BCUT2D eigenvalue weighted by Gasteiger charge is 2.36. The van der Waals surface area contributed by atoms with E-state index in [4.69, 9.17) is 19.2 Å². The zero-order chi connectivity index (χ0) is 33.4. The van der Waals surface area contributed by atoms with Crippen LogP contribution in [0.15, 0.2) is 48.5 Å². The Balaban J connectivity index is 1.59. The molecule has 5 rings (SSSR count). The summed E-state index contributed by atoms with van der Waals surface area (Å²) in [5, 5.41) is 11.6. The molecule has 244 valence electrons. The van der Waals surface area contributed by atoms with E-state index in [1.54, 1.807) is 24.3 Å². The quantitative estimate of drug-likeness (QED) is 0.147. The van der Waals surface area contributed by atoms with Gasteiger partial charge >= 0.3 is 5.97 Å². The molecule has 1 aliphatic heterocycles. The Kier molecular flexibility index (Phi) is 9.47. The molecule has 0 bridgehead atoms. The van der Waals surface area contributed by atoms with Gasteiger partial charge in [-0.3, -0.25) is 19.9 Å². The van der Waals surface area contributed by atoms with Gasteiger partial charge in [0.1, 0.15) is 11.4 Å². The first-order chi connectivity index (χ1) is 21.6. The summed E-state index contributed by atoms with van der Waals surface area (Å²) in [5.74, 6) is -1.51. The molecule has 0 radical (unpaired) electrons. The number of esters is 1. The smallest absolute Gasteiger partial charge is 0.308 e. The second-order valence-corrected chi connectivity index (χ2v) is 13.9. The Hall–Kier alpha value is -3.95. The number of nitro benzene ring substituents is 1. The molecule has 46 heavy (non-hydrogen) atoms. The van der Waals surface area contributed by atoms with E-state index in [2.05, 4.69) is 13.8 Å². The molecule has 0 unspecified atom stereocenters. The van der Waals surface area contributed by atoms with Gasteiger partial charge in [-0.1, -0.05) is 44.2 Å². The average molecular weight is 631 g/mol. The molecule has 1 saturated heterocycles. The number of non-ortho nitro benzene ring substituents is 1. The van der Waals surface area contributed by atoms with E-state index < -0.39 is 17.5 Å². The van der Waals surface area contributed by atoms with Gasteiger partial charge in [-0.25, -0.2) is 4.39 Å². The summed E-state index contributed by atoms with van der Waals surface area (Å²) in [4.78, 5) is 29.1. The van der Waals surface area contributed by atoms with Crippen LogP contribution in [0.3, 0.4) is 0 Å². The van der Waals surface area contributed by atoms with Crippen molar-refractivity contribution < 1.29 is 28.3 Å². The standard InChI is InChI=1S/C37H43FN2O6/c1-22(2)35-30(16-15-28-20-29(45-37(6,7)44-28)21-33(41)46-36(3,4)5)34(24-8-12-26(38)13-9-24)31-19-25-18-27(40(42)43)14-10-23(25)11-17-32(31)39-35/h8-10,12-16,18,22,28-29H,11,17,19-21H2,1-7H3/b16-15+/t28-,29-/m1/s1. The first-order valence-corrected chi connectivity index (χ1v) is 15.9. The maximum atomic E-state index is 14.2. The highest BCUT2D eigenvalue weighted by atomic mass is 19.1. The Bertz CT molecular complexity index is 1660. The van der Waals surface area contributed by atoms with Crippen LogP contribution in [-0.2, 0) is 38.3 Å². The van der Waals surface area contributed by atoms with Gasteiger partial charge in [-0.05, 0) is 93.3 Å². The number of aromatic nitrogens is 1. The maximum Gasteiger partial charge on any atom is 0.308 e. The first-order valence-electron chi connectivity index (χ1n) is 15.9. The fourth-order valence-electron chi connectivity index (χ4n) is 6.40. The lowest BCUT2D eigenvalue weighted by molar-refractivity contribution is -0.384. The molecule has 0 saturated carbocycles. The van der Waals surface area contributed by atoms with Gasteiger partial charge in [0.2, 0.25) is 0 Å². The van der Waals surface area contributed by atoms with E-state index in [-0.39, 0.29) is 40.8 Å². The number of fused-ring (bicyclic) bond motifs is 2. The van der Waals surface area contributed by atoms with Gasteiger partial charge < -0.3 is 14.2 Å². The maximum absolute atomic E-state index is 14.2. The van der Waals surface area contributed by atoms with Crippen molar-refractivity contribution in [1.82, 2.24) is 4.98 Å². The van der Waals surface area contributed by atoms with Crippen molar-refractivity contribution in [3.05, 3.63) is 98.1 Å². The summed E-state index contributed by atoms with van der Waals surface area (Å²) < 4.78 is 32.1. The van der Waals surface area contributed by atoms with Gasteiger partial charge in [0.25, 0.3) is 5.69 Å². The van der Waals surface area contributed by atoms with Gasteiger partial charge in [-0.15, -0.1) is 0 Å². The zero-order valence-corrected chi connectivity index (χ0v) is 27.7. The second-order valence-electron chi connectivity index (χ2n) is 13.9. The van der Waals surface area contributed by atoms with Crippen LogP contribution in [0.1, 0.15) is 101 Å². The SMILES string of the molecule is CC(C)c1nc2c(c(-c3ccc(F)cc3)c1/C=C/[C@@H]1C[C@H](CC(=O)OC(C)(C)C)OC(C)(C)O1)Cc1cc([N+](=O)[O-])ccc1CC2. The third-order valence-corrected chi connectivity index (χ3v) is 8.20. The number of nitrogens with zero attached hydrogens (tertiary/aromatic N) is 2. The van der Waals surface area contributed by atoms with Crippen LogP contribution >= 0.6 is 0 Å². The Morgan fingerprint density at radius 2 is 1.85 bits per heavy atom. The van der Waals surface area contributed by atoms with E-state index >= 15 is 0 Å². The van der Waals surface area contributed by atoms with E-state index in [0.717, 1.165) is 44.8 Å². The van der Waals surface area contributed by atoms with E-state index in [0.29, 0.717) is 25.7 Å². The largest absolute Gasteiger partial charge is 0.460 e. The predicted octanol–water partition coefficient (Wildman–Crippen LogP) is 8.26. The van der Waals surface area contributed by atoms with Crippen molar-refractivity contribution in [2.45, 2.75) is 110 Å². The molecule has 2 heterocycles. The van der Waals surface area contributed by atoms with Crippen LogP contribution in [0.25, 0.3) is 17.2 Å². The second kappa shape index (κ2) is 13.0. The number of nitro groups is 1. The summed E-state index contributed by atoms with van der Waals surface area (Å²) >= 11 is 0. The van der Waals surface area contributed by atoms with E-state index in [9.17, 15) is 19.3 Å². The van der Waals surface area contributed by atoms with Gasteiger partial charge in [-0.2, -0.15) is 0 Å². The minimum Gasteiger partial charge on any atom is -0.460 e. The molecular formula is C37H43FN2O6. The minimum atomic E-state index is -0.926. The number of hydrogen-bond acceptors (Lipinski definition) is 7. The average Bonchev–Trinajstić information content (AvgIpc) is 3.12. The number of carbonyl (C=O) groups is 1. The number of carbonyl (C=O) groups excluding carboxylic acids is 1. The van der Waals surface area contributed by atoms with Crippen molar-refractivity contribution in [1.29, 1.82) is 0 Å². The molecule has 0 amide bonds. The summed E-state index contributed by atoms with van der Waals surface area (Å²) in [6, 6.07) is 11.5. The van der Waals surface area contributed by atoms with Crippen LogP contribution in [-0.4, -0.2) is 39.5 Å². The molecular weight excluding hydrogens is 587 g/mol. The number of hydrogen-bond donors (Lipinski definition) is 0. The van der Waals surface area contributed by atoms with Crippen molar-refractivity contribution >= 4 is 17.7 Å². The molecule has 2 aromatic carbocycles. The lowest BCUT2D eigenvalue weighted by Crippen LogP contribution is -2.45. The number of pyridine rings is 1. The first kappa shape index (κ1) is 33.4. The van der Waals surface area contributed by atoms with Crippen molar-refractivity contribution in [3.8, 4) is 11.1 Å². The molecule has 2 atom stereocenters. The topological polar surface area (TPSA) is 101 Å². The van der Waals surface area contributed by atoms with Crippen LogP contribution in [0.5, 0.6) is 0 Å². The fourth-order valence-corrected chi connectivity index (χ4v) is 6.40. The normalized spacial score (nSPS) is 19.4. The fraction of sp³-hybridized carbons (Fsp3) is 0.459. The van der Waals surface area contributed by atoms with Crippen molar-refractivity contribution in [2.24, 2.45) is 0 Å². The number of rotatable bonds is 7. The zero-order valence-electron chi connectivity index (χ0n) is 27.7. The lowest BCUT2D eigenvalue weighted by atomic mass is 9.86.